The molecule has 0 saturated heterocycles. The SMILES string of the molecule is CCCCCCCCCCCCCCCCCCCCCC(O)C(CO)NC(=O)CCCCCCCCCCCCCCCCCCCCCCCCCCCCCCCCCCCCCOC(=O)CCCCCCCCCCCCCCC. The molecule has 0 bridgehead atoms. The molecule has 0 aliphatic carbocycles. The Morgan fingerprint density at radius 1 is 0.286 bits per heavy atom. The molecule has 0 aromatic heterocycles. The number of amides is 1. The highest BCUT2D eigenvalue weighted by Gasteiger charge is 2.20. The van der Waals surface area contributed by atoms with Crippen molar-refractivity contribution < 1.29 is 24.5 Å². The van der Waals surface area contributed by atoms with E-state index in [0.29, 0.717) is 25.9 Å². The fourth-order valence-electron chi connectivity index (χ4n) is 12.9. The molecule has 3 N–H and O–H groups in total. The number of aliphatic hydroxyl groups excluding tert-OH is 2. The van der Waals surface area contributed by atoms with Gasteiger partial charge in [0.2, 0.25) is 5.91 Å². The first kappa shape index (κ1) is 82.9. The summed E-state index contributed by atoms with van der Waals surface area (Å²) in [6.07, 6.45) is 92.0. The quantitative estimate of drug-likeness (QED) is 0.0417. The summed E-state index contributed by atoms with van der Waals surface area (Å²) >= 11 is 0. The zero-order chi connectivity index (χ0) is 60.6. The van der Waals surface area contributed by atoms with Crippen molar-refractivity contribution in [3.8, 4) is 0 Å². The molecule has 0 aliphatic heterocycles. The molecule has 2 unspecified atom stereocenters. The Hall–Kier alpha value is -1.14. The van der Waals surface area contributed by atoms with Gasteiger partial charge in [-0.1, -0.05) is 425 Å². The van der Waals surface area contributed by atoms with E-state index in [-0.39, 0.29) is 18.5 Å². The number of hydrogen-bond acceptors (Lipinski definition) is 5. The van der Waals surface area contributed by atoms with Crippen LogP contribution in [0, 0.1) is 0 Å². The minimum absolute atomic E-state index is 0.0241. The molecule has 6 heteroatoms. The van der Waals surface area contributed by atoms with Gasteiger partial charge in [-0.3, -0.25) is 9.59 Å². The number of esters is 1. The van der Waals surface area contributed by atoms with Gasteiger partial charge in [0.25, 0.3) is 0 Å². The van der Waals surface area contributed by atoms with Gasteiger partial charge in [0.05, 0.1) is 25.4 Å². The Morgan fingerprint density at radius 3 is 0.726 bits per heavy atom. The fraction of sp³-hybridized carbons (Fsp3) is 0.974. The predicted octanol–water partition coefficient (Wildman–Crippen LogP) is 25.7. The second kappa shape index (κ2) is 74.3. The second-order valence-electron chi connectivity index (χ2n) is 27.4. The van der Waals surface area contributed by atoms with Gasteiger partial charge in [0.15, 0.2) is 0 Å². The summed E-state index contributed by atoms with van der Waals surface area (Å²) in [6, 6.07) is -0.537. The fourth-order valence-corrected chi connectivity index (χ4v) is 12.9. The first-order valence-corrected chi connectivity index (χ1v) is 39.3. The minimum atomic E-state index is -0.660. The average Bonchev–Trinajstić information content (AvgIpc) is 3.53. The summed E-state index contributed by atoms with van der Waals surface area (Å²) in [6.45, 7) is 5.01. The van der Waals surface area contributed by atoms with Gasteiger partial charge in [-0.25, -0.2) is 0 Å². The zero-order valence-electron chi connectivity index (χ0n) is 57.7. The Bertz CT molecular complexity index is 1230. The molecule has 502 valence electrons. The van der Waals surface area contributed by atoms with Crippen LogP contribution in [-0.2, 0) is 14.3 Å². The highest BCUT2D eigenvalue weighted by molar-refractivity contribution is 5.76. The van der Waals surface area contributed by atoms with E-state index in [1.165, 1.54) is 392 Å². The smallest absolute Gasteiger partial charge is 0.305 e. The normalized spacial score (nSPS) is 12.4. The van der Waals surface area contributed by atoms with Crippen molar-refractivity contribution >= 4 is 11.9 Å². The first-order chi connectivity index (χ1) is 41.5. The van der Waals surface area contributed by atoms with Crippen molar-refractivity contribution in [2.45, 2.75) is 475 Å². The van der Waals surface area contributed by atoms with Gasteiger partial charge in [0, 0.05) is 12.8 Å². The van der Waals surface area contributed by atoms with Crippen LogP contribution >= 0.6 is 0 Å². The maximum atomic E-state index is 12.6. The zero-order valence-corrected chi connectivity index (χ0v) is 57.7. The van der Waals surface area contributed by atoms with Gasteiger partial charge >= 0.3 is 5.97 Å². The van der Waals surface area contributed by atoms with Crippen molar-refractivity contribution in [3.05, 3.63) is 0 Å². The monoisotopic (exact) mass is 1190 g/mol. The van der Waals surface area contributed by atoms with Crippen LogP contribution in [0.1, 0.15) is 463 Å². The molecule has 0 fully saturated rings. The number of nitrogens with one attached hydrogen (secondary N) is 1. The lowest BCUT2D eigenvalue weighted by Crippen LogP contribution is -2.45. The molecule has 84 heavy (non-hydrogen) atoms. The molecule has 0 radical (unpaired) electrons. The maximum absolute atomic E-state index is 12.6. The Labute approximate surface area is 527 Å². The van der Waals surface area contributed by atoms with Crippen LogP contribution < -0.4 is 5.32 Å². The lowest BCUT2D eigenvalue weighted by Gasteiger charge is -2.22. The summed E-state index contributed by atoms with van der Waals surface area (Å²) in [5, 5.41) is 23.4. The summed E-state index contributed by atoms with van der Waals surface area (Å²) < 4.78 is 5.50. The predicted molar refractivity (Wildman–Crippen MR) is 371 cm³/mol. The Kier molecular flexibility index (Phi) is 73.3. The summed E-state index contributed by atoms with van der Waals surface area (Å²) in [5.41, 5.74) is 0. The molecule has 0 rings (SSSR count). The summed E-state index contributed by atoms with van der Waals surface area (Å²) in [5.74, 6) is 0.00138. The van der Waals surface area contributed by atoms with Crippen molar-refractivity contribution in [2.75, 3.05) is 13.2 Å². The molecule has 2 atom stereocenters. The average molecular weight is 1190 g/mol. The third kappa shape index (κ3) is 70.0. The molecule has 0 heterocycles. The van der Waals surface area contributed by atoms with Gasteiger partial charge < -0.3 is 20.3 Å². The number of unbranched alkanes of at least 4 members (excludes halogenated alkanes) is 64. The summed E-state index contributed by atoms with van der Waals surface area (Å²) in [7, 11) is 0. The minimum Gasteiger partial charge on any atom is -0.466 e. The van der Waals surface area contributed by atoms with Crippen LogP contribution in [-0.4, -0.2) is 47.4 Å². The number of hydrogen-bond donors (Lipinski definition) is 3. The lowest BCUT2D eigenvalue weighted by atomic mass is 10.0. The van der Waals surface area contributed by atoms with E-state index < -0.39 is 12.1 Å². The first-order valence-electron chi connectivity index (χ1n) is 39.3. The topological polar surface area (TPSA) is 95.9 Å². The molecule has 6 nitrogen and oxygen atoms in total. The van der Waals surface area contributed by atoms with Crippen LogP contribution in [0.15, 0.2) is 0 Å². The van der Waals surface area contributed by atoms with Crippen LogP contribution in [0.5, 0.6) is 0 Å². The molecular formula is C78H155NO5. The lowest BCUT2D eigenvalue weighted by molar-refractivity contribution is -0.143. The maximum Gasteiger partial charge on any atom is 0.305 e. The largest absolute Gasteiger partial charge is 0.466 e. The Balaban J connectivity index is 3.30. The van der Waals surface area contributed by atoms with E-state index in [0.717, 1.165) is 38.5 Å². The third-order valence-corrected chi connectivity index (χ3v) is 18.9. The molecular weight excluding hydrogens is 1030 g/mol. The summed E-state index contributed by atoms with van der Waals surface area (Å²) in [4.78, 5) is 24.6. The van der Waals surface area contributed by atoms with Gasteiger partial charge in [0.1, 0.15) is 0 Å². The van der Waals surface area contributed by atoms with E-state index in [9.17, 15) is 19.8 Å². The number of ether oxygens (including phenoxy) is 1. The van der Waals surface area contributed by atoms with E-state index in [2.05, 4.69) is 19.2 Å². The molecule has 0 saturated carbocycles. The molecule has 0 aliphatic rings. The van der Waals surface area contributed by atoms with E-state index in [1.807, 2.05) is 0 Å². The van der Waals surface area contributed by atoms with Crippen LogP contribution in [0.4, 0.5) is 0 Å². The van der Waals surface area contributed by atoms with Crippen molar-refractivity contribution in [1.29, 1.82) is 0 Å². The molecule has 1 amide bonds. The van der Waals surface area contributed by atoms with Crippen LogP contribution in [0.25, 0.3) is 0 Å². The van der Waals surface area contributed by atoms with Gasteiger partial charge in [-0.2, -0.15) is 0 Å². The molecule has 0 spiro atoms. The highest BCUT2D eigenvalue weighted by atomic mass is 16.5. The number of aliphatic hydroxyl groups is 2. The number of carbonyl (C=O) groups excluding carboxylic acids is 2. The van der Waals surface area contributed by atoms with Gasteiger partial charge in [-0.05, 0) is 25.7 Å². The molecule has 0 aromatic rings. The van der Waals surface area contributed by atoms with E-state index in [4.69, 9.17) is 4.74 Å². The highest BCUT2D eigenvalue weighted by Crippen LogP contribution is 2.21. The van der Waals surface area contributed by atoms with E-state index in [1.54, 1.807) is 0 Å². The molecule has 0 aromatic carbocycles. The van der Waals surface area contributed by atoms with Crippen LogP contribution in [0.3, 0.4) is 0 Å². The van der Waals surface area contributed by atoms with Crippen molar-refractivity contribution in [2.24, 2.45) is 0 Å². The van der Waals surface area contributed by atoms with Crippen molar-refractivity contribution in [3.63, 3.8) is 0 Å². The standard InChI is InChI=1S/C78H155NO5/c1-3-5-7-9-11-13-15-17-18-19-37-40-43-47-50-54-58-62-66-70-76(81)75(74-80)79-77(82)71-67-63-59-55-51-48-44-41-38-35-33-31-29-27-25-23-21-20-22-24-26-28-30-32-34-36-39-42-45-49-53-57-61-65-69-73-84-78(83)72-68-64-60-56-52-46-16-14-12-10-8-6-4-2/h75-76,80-81H,3-74H2,1-2H3,(H,79,82). The van der Waals surface area contributed by atoms with Gasteiger partial charge in [-0.15, -0.1) is 0 Å². The number of carbonyl (C=O) groups is 2. The van der Waals surface area contributed by atoms with E-state index >= 15 is 0 Å². The van der Waals surface area contributed by atoms with Crippen LogP contribution in [0.2, 0.25) is 0 Å². The number of rotatable bonds is 75. The Morgan fingerprint density at radius 2 is 0.488 bits per heavy atom. The van der Waals surface area contributed by atoms with Crippen molar-refractivity contribution in [1.82, 2.24) is 5.32 Å². The second-order valence-corrected chi connectivity index (χ2v) is 27.4. The third-order valence-electron chi connectivity index (χ3n) is 18.9.